The van der Waals surface area contributed by atoms with Crippen molar-refractivity contribution in [3.63, 3.8) is 0 Å². The summed E-state index contributed by atoms with van der Waals surface area (Å²) in [4.78, 5) is 24.5. The Balaban J connectivity index is 1.61. The Kier molecular flexibility index (Phi) is 6.70. The van der Waals surface area contributed by atoms with Gasteiger partial charge in [0, 0.05) is 23.0 Å². The fraction of sp³-hybridized carbons (Fsp3) is 0.240. The van der Waals surface area contributed by atoms with Gasteiger partial charge in [-0.05, 0) is 64.0 Å². The third-order valence-electron chi connectivity index (χ3n) is 5.11. The quantitative estimate of drug-likeness (QED) is 0.592. The summed E-state index contributed by atoms with van der Waals surface area (Å²) in [5, 5.41) is 10.1. The van der Waals surface area contributed by atoms with Crippen LogP contribution in [0, 0.1) is 34.6 Å². The van der Waals surface area contributed by atoms with Crippen molar-refractivity contribution in [1.82, 2.24) is 15.1 Å². The molecule has 160 valence electrons. The molecule has 0 bridgehead atoms. The molecule has 0 saturated carbocycles. The minimum absolute atomic E-state index is 0.100. The number of benzene rings is 2. The topological polar surface area (TPSA) is 76.0 Å². The van der Waals surface area contributed by atoms with Crippen molar-refractivity contribution in [2.45, 2.75) is 34.6 Å². The Morgan fingerprint density at radius 2 is 1.65 bits per heavy atom. The summed E-state index contributed by atoms with van der Waals surface area (Å²) in [6.45, 7) is 9.70. The maximum Gasteiger partial charge on any atom is 0.244 e. The standard InChI is InChI=1S/C25H28N4O2/c1-16-13-17(2)25(18(3)14-16)27-24(31)15-26-23(30)12-11-22-19(4)28-29(20(22)5)21-9-7-6-8-10-21/h6-14H,15H2,1-5H3,(H,26,30)(H,27,31). The number of nitrogens with zero attached hydrogens (tertiary/aromatic N) is 2. The van der Waals surface area contributed by atoms with Crippen LogP contribution in [0.1, 0.15) is 33.6 Å². The maximum absolute atomic E-state index is 12.3. The average molecular weight is 417 g/mol. The van der Waals surface area contributed by atoms with Gasteiger partial charge in [-0.3, -0.25) is 9.59 Å². The highest BCUT2D eigenvalue weighted by Crippen LogP contribution is 2.22. The van der Waals surface area contributed by atoms with E-state index in [9.17, 15) is 9.59 Å². The Morgan fingerprint density at radius 1 is 1.00 bits per heavy atom. The molecule has 6 nitrogen and oxygen atoms in total. The van der Waals surface area contributed by atoms with Crippen LogP contribution >= 0.6 is 0 Å². The van der Waals surface area contributed by atoms with Crippen molar-refractivity contribution in [2.75, 3.05) is 11.9 Å². The Labute approximate surface area is 183 Å². The van der Waals surface area contributed by atoms with Crippen molar-refractivity contribution >= 4 is 23.6 Å². The van der Waals surface area contributed by atoms with E-state index >= 15 is 0 Å². The number of aromatic nitrogens is 2. The molecule has 0 saturated heterocycles. The van der Waals surface area contributed by atoms with E-state index in [1.807, 2.05) is 81.8 Å². The van der Waals surface area contributed by atoms with Gasteiger partial charge >= 0.3 is 0 Å². The fourth-order valence-electron chi connectivity index (χ4n) is 3.66. The summed E-state index contributed by atoms with van der Waals surface area (Å²) in [6, 6.07) is 13.9. The minimum Gasteiger partial charge on any atom is -0.343 e. The first-order valence-electron chi connectivity index (χ1n) is 10.2. The highest BCUT2D eigenvalue weighted by molar-refractivity contribution is 5.98. The maximum atomic E-state index is 12.3. The molecule has 0 atom stereocenters. The second-order valence-electron chi connectivity index (χ2n) is 7.70. The van der Waals surface area contributed by atoms with E-state index in [0.29, 0.717) is 0 Å². The second kappa shape index (κ2) is 9.43. The number of amides is 2. The van der Waals surface area contributed by atoms with Gasteiger partial charge in [0.15, 0.2) is 0 Å². The lowest BCUT2D eigenvalue weighted by atomic mass is 10.1. The highest BCUT2D eigenvalue weighted by atomic mass is 16.2. The van der Waals surface area contributed by atoms with Gasteiger partial charge < -0.3 is 10.6 Å². The molecule has 3 aromatic rings. The largest absolute Gasteiger partial charge is 0.343 e. The van der Waals surface area contributed by atoms with Crippen LogP contribution in [0.15, 0.2) is 48.5 Å². The van der Waals surface area contributed by atoms with Crippen molar-refractivity contribution in [3.8, 4) is 5.69 Å². The molecule has 0 aliphatic rings. The van der Waals surface area contributed by atoms with E-state index < -0.39 is 0 Å². The summed E-state index contributed by atoms with van der Waals surface area (Å²) in [5.74, 6) is -0.597. The van der Waals surface area contributed by atoms with E-state index in [2.05, 4.69) is 15.7 Å². The van der Waals surface area contributed by atoms with Gasteiger partial charge in [0.2, 0.25) is 11.8 Å². The van der Waals surface area contributed by atoms with Crippen LogP contribution in [0.3, 0.4) is 0 Å². The molecule has 0 radical (unpaired) electrons. The minimum atomic E-state index is -0.334. The van der Waals surface area contributed by atoms with Crippen LogP contribution in [-0.2, 0) is 9.59 Å². The highest BCUT2D eigenvalue weighted by Gasteiger charge is 2.12. The number of anilines is 1. The molecule has 0 spiro atoms. The van der Waals surface area contributed by atoms with Gasteiger partial charge in [0.05, 0.1) is 17.9 Å². The molecule has 2 N–H and O–H groups in total. The first-order chi connectivity index (χ1) is 14.8. The Bertz CT molecular complexity index is 1120. The Morgan fingerprint density at radius 3 is 2.29 bits per heavy atom. The van der Waals surface area contributed by atoms with Crippen LogP contribution in [0.25, 0.3) is 11.8 Å². The number of nitrogens with one attached hydrogen (secondary N) is 2. The second-order valence-corrected chi connectivity index (χ2v) is 7.70. The van der Waals surface area contributed by atoms with Crippen LogP contribution in [0.2, 0.25) is 0 Å². The van der Waals surface area contributed by atoms with Gasteiger partial charge in [0.1, 0.15) is 0 Å². The molecule has 1 heterocycles. The zero-order chi connectivity index (χ0) is 22.5. The molecule has 0 fully saturated rings. The number of hydrogen-bond donors (Lipinski definition) is 2. The number of aryl methyl sites for hydroxylation is 4. The van der Waals surface area contributed by atoms with Crippen LogP contribution in [0.4, 0.5) is 5.69 Å². The average Bonchev–Trinajstić information content (AvgIpc) is 3.01. The first kappa shape index (κ1) is 22.0. The smallest absolute Gasteiger partial charge is 0.244 e. The van der Waals surface area contributed by atoms with Gasteiger partial charge in [-0.25, -0.2) is 4.68 Å². The predicted molar refractivity (Wildman–Crippen MR) is 124 cm³/mol. The van der Waals surface area contributed by atoms with Crippen molar-refractivity contribution in [3.05, 3.63) is 82.2 Å². The van der Waals surface area contributed by atoms with Crippen LogP contribution in [-0.4, -0.2) is 28.1 Å². The van der Waals surface area contributed by atoms with E-state index in [4.69, 9.17) is 0 Å². The normalized spacial score (nSPS) is 11.0. The van der Waals surface area contributed by atoms with Gasteiger partial charge in [-0.15, -0.1) is 0 Å². The number of carbonyl (C=O) groups excluding carboxylic acids is 2. The molecular weight excluding hydrogens is 388 g/mol. The molecule has 3 rings (SSSR count). The lowest BCUT2D eigenvalue weighted by Gasteiger charge is -2.13. The number of rotatable bonds is 6. The Hall–Kier alpha value is -3.67. The van der Waals surface area contributed by atoms with Gasteiger partial charge in [-0.2, -0.15) is 5.10 Å². The van der Waals surface area contributed by atoms with E-state index in [1.165, 1.54) is 6.08 Å². The van der Waals surface area contributed by atoms with Crippen molar-refractivity contribution in [1.29, 1.82) is 0 Å². The molecule has 0 aliphatic carbocycles. The van der Waals surface area contributed by atoms with Gasteiger partial charge in [-0.1, -0.05) is 35.9 Å². The molecule has 2 amide bonds. The van der Waals surface area contributed by atoms with Crippen molar-refractivity contribution < 1.29 is 9.59 Å². The SMILES string of the molecule is Cc1cc(C)c(NC(=O)CNC(=O)C=Cc2c(C)nn(-c3ccccc3)c2C)c(C)c1. The lowest BCUT2D eigenvalue weighted by molar-refractivity contribution is -0.121. The summed E-state index contributed by atoms with van der Waals surface area (Å²) in [5.41, 5.74) is 7.55. The molecule has 0 unspecified atom stereocenters. The molecule has 31 heavy (non-hydrogen) atoms. The zero-order valence-electron chi connectivity index (χ0n) is 18.6. The van der Waals surface area contributed by atoms with E-state index in [0.717, 1.165) is 45.0 Å². The molecule has 0 aliphatic heterocycles. The number of para-hydroxylation sites is 1. The monoisotopic (exact) mass is 416 g/mol. The first-order valence-corrected chi connectivity index (χ1v) is 10.2. The summed E-state index contributed by atoms with van der Waals surface area (Å²) in [6.07, 6.45) is 3.17. The van der Waals surface area contributed by atoms with E-state index in [-0.39, 0.29) is 18.4 Å². The summed E-state index contributed by atoms with van der Waals surface area (Å²) < 4.78 is 1.85. The third kappa shape index (κ3) is 5.28. The third-order valence-corrected chi connectivity index (χ3v) is 5.11. The van der Waals surface area contributed by atoms with Gasteiger partial charge in [0.25, 0.3) is 0 Å². The zero-order valence-corrected chi connectivity index (χ0v) is 18.6. The molecular formula is C25H28N4O2. The predicted octanol–water partition coefficient (Wildman–Crippen LogP) is 4.18. The summed E-state index contributed by atoms with van der Waals surface area (Å²) >= 11 is 0. The molecule has 2 aromatic carbocycles. The summed E-state index contributed by atoms with van der Waals surface area (Å²) in [7, 11) is 0. The number of carbonyl (C=O) groups is 2. The van der Waals surface area contributed by atoms with Crippen LogP contribution < -0.4 is 10.6 Å². The molecule has 1 aromatic heterocycles. The van der Waals surface area contributed by atoms with Crippen molar-refractivity contribution in [2.24, 2.45) is 0 Å². The van der Waals surface area contributed by atoms with E-state index in [1.54, 1.807) is 6.08 Å². The number of hydrogen-bond acceptors (Lipinski definition) is 3. The lowest BCUT2D eigenvalue weighted by Crippen LogP contribution is -2.32. The van der Waals surface area contributed by atoms with Crippen LogP contribution in [0.5, 0.6) is 0 Å². The fourth-order valence-corrected chi connectivity index (χ4v) is 3.66. The molecule has 6 heteroatoms.